The van der Waals surface area contributed by atoms with Gasteiger partial charge in [-0.15, -0.1) is 0 Å². The smallest absolute Gasteiger partial charge is 0.321 e. The van der Waals surface area contributed by atoms with E-state index in [2.05, 4.69) is 5.32 Å². The summed E-state index contributed by atoms with van der Waals surface area (Å²) in [6, 6.07) is 3.70. The number of piperidine rings is 1. The molecule has 3 N–H and O–H groups in total. The molecule has 0 bridgehead atoms. The lowest BCUT2D eigenvalue weighted by atomic mass is 9.98. The van der Waals surface area contributed by atoms with Crippen molar-refractivity contribution in [1.82, 2.24) is 4.90 Å². The van der Waals surface area contributed by atoms with Gasteiger partial charge in [0.2, 0.25) is 10.0 Å². The summed E-state index contributed by atoms with van der Waals surface area (Å²) in [6.07, 6.45) is 1.78. The molecule has 0 saturated carbocycles. The van der Waals surface area contributed by atoms with Gasteiger partial charge >= 0.3 is 6.03 Å². The summed E-state index contributed by atoms with van der Waals surface area (Å²) in [6.45, 7) is 2.00. The molecule has 0 spiro atoms. The van der Waals surface area contributed by atoms with Gasteiger partial charge in [-0.05, 0) is 37.0 Å². The number of hydrogen-bond donors (Lipinski definition) is 2. The van der Waals surface area contributed by atoms with Gasteiger partial charge in [-0.2, -0.15) is 0 Å². The van der Waals surface area contributed by atoms with Crippen LogP contribution >= 0.6 is 11.6 Å². The van der Waals surface area contributed by atoms with Crippen LogP contribution < -0.4 is 10.5 Å². The number of urea groups is 1. The zero-order chi connectivity index (χ0) is 17.0. The van der Waals surface area contributed by atoms with Crippen LogP contribution in [-0.4, -0.2) is 46.2 Å². The highest BCUT2D eigenvalue weighted by Gasteiger charge is 2.23. The second kappa shape index (κ2) is 7.48. The molecule has 1 fully saturated rings. The van der Waals surface area contributed by atoms with Crippen molar-refractivity contribution in [3.63, 3.8) is 0 Å². The monoisotopic (exact) mass is 361 g/mol. The molecule has 2 amide bonds. The normalized spacial score (nSPS) is 16.4. The summed E-state index contributed by atoms with van der Waals surface area (Å²) in [5.41, 5.74) is 0.350. The molecule has 1 aromatic rings. The molecule has 23 heavy (non-hydrogen) atoms. The number of carbonyl (C=O) groups excluding carboxylic acids is 1. The standard InChI is InChI=1S/C14H20ClN3O4S/c1-22-9-10-4-6-18(7-5-10)14(19)17-13-3-2-11(8-12(13)15)23(16,20)21/h2-3,8,10H,4-7,9H2,1H3,(H,17,19)(H2,16,20,21). The van der Waals surface area contributed by atoms with Crippen LogP contribution in [0.1, 0.15) is 12.8 Å². The highest BCUT2D eigenvalue weighted by Crippen LogP contribution is 2.26. The van der Waals surface area contributed by atoms with E-state index in [4.69, 9.17) is 21.5 Å². The van der Waals surface area contributed by atoms with Crippen molar-refractivity contribution in [3.8, 4) is 0 Å². The molecule has 0 radical (unpaired) electrons. The first-order valence-corrected chi connectivity index (χ1v) is 9.11. The third kappa shape index (κ3) is 4.81. The van der Waals surface area contributed by atoms with E-state index in [0.717, 1.165) is 12.8 Å². The van der Waals surface area contributed by atoms with Gasteiger partial charge in [0.1, 0.15) is 0 Å². The number of benzene rings is 1. The fraction of sp³-hybridized carbons (Fsp3) is 0.500. The van der Waals surface area contributed by atoms with Gasteiger partial charge < -0.3 is 15.0 Å². The lowest BCUT2D eigenvalue weighted by Gasteiger charge is -2.31. The van der Waals surface area contributed by atoms with Crippen molar-refractivity contribution in [2.24, 2.45) is 11.1 Å². The maximum absolute atomic E-state index is 12.2. The number of halogens is 1. The number of rotatable bonds is 4. The average Bonchev–Trinajstić information content (AvgIpc) is 2.49. The minimum absolute atomic E-state index is 0.0964. The molecular weight excluding hydrogens is 342 g/mol. The zero-order valence-corrected chi connectivity index (χ0v) is 14.4. The van der Waals surface area contributed by atoms with E-state index in [1.807, 2.05) is 0 Å². The molecular formula is C14H20ClN3O4S. The molecule has 9 heteroatoms. The first-order valence-electron chi connectivity index (χ1n) is 7.18. The number of nitrogens with zero attached hydrogens (tertiary/aromatic N) is 1. The number of likely N-dealkylation sites (tertiary alicyclic amines) is 1. The van der Waals surface area contributed by atoms with Crippen molar-refractivity contribution >= 4 is 33.3 Å². The molecule has 1 saturated heterocycles. The van der Waals surface area contributed by atoms with Gasteiger partial charge in [-0.25, -0.2) is 18.4 Å². The Bertz CT molecular complexity index is 673. The maximum Gasteiger partial charge on any atom is 0.321 e. The van der Waals surface area contributed by atoms with E-state index in [-0.39, 0.29) is 15.9 Å². The predicted molar refractivity (Wildman–Crippen MR) is 88.0 cm³/mol. The van der Waals surface area contributed by atoms with Crippen molar-refractivity contribution in [3.05, 3.63) is 23.2 Å². The Morgan fingerprint density at radius 1 is 1.43 bits per heavy atom. The summed E-state index contributed by atoms with van der Waals surface area (Å²) < 4.78 is 27.7. The average molecular weight is 362 g/mol. The second-order valence-electron chi connectivity index (χ2n) is 5.50. The highest BCUT2D eigenvalue weighted by atomic mass is 35.5. The number of sulfonamides is 1. The Morgan fingerprint density at radius 3 is 2.61 bits per heavy atom. The molecule has 0 unspecified atom stereocenters. The summed E-state index contributed by atoms with van der Waals surface area (Å²) in [4.78, 5) is 13.9. The summed E-state index contributed by atoms with van der Waals surface area (Å²) in [5.74, 6) is 0.474. The Hall–Kier alpha value is -1.35. The number of hydrogen-bond acceptors (Lipinski definition) is 4. The lowest BCUT2D eigenvalue weighted by molar-refractivity contribution is 0.110. The van der Waals surface area contributed by atoms with Crippen LogP contribution in [0.15, 0.2) is 23.1 Å². The van der Waals surface area contributed by atoms with E-state index in [1.165, 1.54) is 18.2 Å². The lowest BCUT2D eigenvalue weighted by Crippen LogP contribution is -2.41. The van der Waals surface area contributed by atoms with Gasteiger partial charge in [0.15, 0.2) is 0 Å². The molecule has 0 aliphatic carbocycles. The van der Waals surface area contributed by atoms with Gasteiger partial charge in [0.25, 0.3) is 0 Å². The number of carbonyl (C=O) groups is 1. The number of methoxy groups -OCH3 is 1. The topological polar surface area (TPSA) is 102 Å². The molecule has 2 rings (SSSR count). The van der Waals surface area contributed by atoms with Crippen LogP contribution in [-0.2, 0) is 14.8 Å². The van der Waals surface area contributed by atoms with E-state index >= 15 is 0 Å². The predicted octanol–water partition coefficient (Wildman–Crippen LogP) is 1.88. The summed E-state index contributed by atoms with van der Waals surface area (Å²) in [7, 11) is -2.15. The number of nitrogens with two attached hydrogens (primary N) is 1. The number of ether oxygens (including phenoxy) is 1. The van der Waals surface area contributed by atoms with E-state index in [1.54, 1.807) is 12.0 Å². The molecule has 0 aromatic heterocycles. The van der Waals surface area contributed by atoms with Crippen LogP contribution in [0.3, 0.4) is 0 Å². The fourth-order valence-electron chi connectivity index (χ4n) is 2.51. The number of nitrogens with one attached hydrogen (secondary N) is 1. The zero-order valence-electron chi connectivity index (χ0n) is 12.8. The van der Waals surface area contributed by atoms with Crippen LogP contribution in [0.4, 0.5) is 10.5 Å². The highest BCUT2D eigenvalue weighted by molar-refractivity contribution is 7.89. The molecule has 7 nitrogen and oxygen atoms in total. The minimum Gasteiger partial charge on any atom is -0.384 e. The van der Waals surface area contributed by atoms with Gasteiger partial charge in [-0.3, -0.25) is 0 Å². The SMILES string of the molecule is COCC1CCN(C(=O)Nc2ccc(S(N)(=O)=O)cc2Cl)CC1. The van der Waals surface area contributed by atoms with Crippen molar-refractivity contribution < 1.29 is 17.9 Å². The Kier molecular flexibility index (Phi) is 5.85. The van der Waals surface area contributed by atoms with Crippen LogP contribution in [0.2, 0.25) is 5.02 Å². The first kappa shape index (κ1) is 18.0. The third-order valence-electron chi connectivity index (χ3n) is 3.81. The van der Waals surface area contributed by atoms with Crippen LogP contribution in [0.5, 0.6) is 0 Å². The Balaban J connectivity index is 1.98. The van der Waals surface area contributed by atoms with Crippen molar-refractivity contribution in [2.45, 2.75) is 17.7 Å². The third-order valence-corrected chi connectivity index (χ3v) is 5.04. The van der Waals surface area contributed by atoms with Gasteiger partial charge in [0.05, 0.1) is 15.6 Å². The number of primary sulfonamides is 1. The van der Waals surface area contributed by atoms with Crippen molar-refractivity contribution in [2.75, 3.05) is 32.1 Å². The molecule has 1 aliphatic heterocycles. The van der Waals surface area contributed by atoms with E-state index in [9.17, 15) is 13.2 Å². The van der Waals surface area contributed by atoms with Crippen LogP contribution in [0.25, 0.3) is 0 Å². The Labute approximate surface area is 140 Å². The quantitative estimate of drug-likeness (QED) is 0.854. The second-order valence-corrected chi connectivity index (χ2v) is 7.47. The molecule has 0 atom stereocenters. The number of amides is 2. The largest absolute Gasteiger partial charge is 0.384 e. The fourth-order valence-corrected chi connectivity index (χ4v) is 3.34. The summed E-state index contributed by atoms with van der Waals surface area (Å²) in [5, 5.41) is 7.86. The maximum atomic E-state index is 12.2. The van der Waals surface area contributed by atoms with Gasteiger partial charge in [-0.1, -0.05) is 11.6 Å². The van der Waals surface area contributed by atoms with E-state index in [0.29, 0.717) is 31.3 Å². The van der Waals surface area contributed by atoms with Crippen LogP contribution in [0, 0.1) is 5.92 Å². The molecule has 128 valence electrons. The molecule has 1 aliphatic rings. The number of anilines is 1. The molecule has 1 heterocycles. The van der Waals surface area contributed by atoms with Crippen molar-refractivity contribution in [1.29, 1.82) is 0 Å². The first-order chi connectivity index (χ1) is 10.8. The molecule has 1 aromatic carbocycles. The summed E-state index contributed by atoms with van der Waals surface area (Å²) >= 11 is 6.01. The van der Waals surface area contributed by atoms with E-state index < -0.39 is 10.0 Å². The van der Waals surface area contributed by atoms with Gasteiger partial charge in [0, 0.05) is 26.8 Å². The minimum atomic E-state index is -3.82. The Morgan fingerprint density at radius 2 is 2.09 bits per heavy atom.